The smallest absolute Gasteiger partial charge is 0.249 e. The number of fused-ring (bicyclic) bond motifs is 1. The van der Waals surface area contributed by atoms with E-state index < -0.39 is 5.60 Å². The molecule has 0 aromatic carbocycles. The summed E-state index contributed by atoms with van der Waals surface area (Å²) in [6.45, 7) is 12.9. The average molecular weight is 450 g/mol. The van der Waals surface area contributed by atoms with E-state index in [0.717, 1.165) is 38.5 Å². The Morgan fingerprint density at radius 2 is 2.00 bits per heavy atom. The van der Waals surface area contributed by atoms with Crippen molar-refractivity contribution in [1.29, 1.82) is 0 Å². The van der Waals surface area contributed by atoms with Gasteiger partial charge in [0.15, 0.2) is 0 Å². The molecule has 2 N–H and O–H groups in total. The highest BCUT2D eigenvalue weighted by molar-refractivity contribution is 5.78. The number of hydrogen-bond acceptors (Lipinski definition) is 4. The molecule has 0 aromatic rings. The molecule has 5 nitrogen and oxygen atoms in total. The van der Waals surface area contributed by atoms with Crippen LogP contribution in [0.25, 0.3) is 0 Å². The largest absolute Gasteiger partial charge is 0.392 e. The maximum Gasteiger partial charge on any atom is 0.249 e. The number of nitrogens with zero attached hydrogens (tertiary/aromatic N) is 1. The molecule has 0 radical (unpaired) electrons. The molecular formula is C27H47NO4. The number of aliphatic hydroxyl groups excluding tert-OH is 1. The topological polar surface area (TPSA) is 70.0 Å². The van der Waals surface area contributed by atoms with Gasteiger partial charge in [-0.2, -0.15) is 0 Å². The molecule has 2 aliphatic carbocycles. The molecule has 0 spiro atoms. The highest BCUT2D eigenvalue weighted by Gasteiger charge is 2.43. The summed E-state index contributed by atoms with van der Waals surface area (Å²) >= 11 is 0. The Hall–Kier alpha value is -1.17. The van der Waals surface area contributed by atoms with Crippen LogP contribution >= 0.6 is 0 Å². The molecule has 1 amide bonds. The second-order valence-corrected chi connectivity index (χ2v) is 10.8. The lowest BCUT2D eigenvalue weighted by molar-refractivity contribution is -0.139. The molecule has 0 saturated heterocycles. The van der Waals surface area contributed by atoms with Crippen LogP contribution in [0.1, 0.15) is 86.5 Å². The summed E-state index contributed by atoms with van der Waals surface area (Å²) in [4.78, 5) is 14.3. The van der Waals surface area contributed by atoms with Crippen molar-refractivity contribution in [2.45, 2.75) is 110 Å². The van der Waals surface area contributed by atoms with Gasteiger partial charge in [-0.15, -0.1) is 0 Å². The number of unbranched alkanes of at least 4 members (excludes halogenated alkanes) is 1. The molecule has 2 aliphatic rings. The molecule has 32 heavy (non-hydrogen) atoms. The maximum atomic E-state index is 12.4. The molecule has 0 bridgehead atoms. The van der Waals surface area contributed by atoms with Gasteiger partial charge in [-0.25, -0.2) is 0 Å². The van der Waals surface area contributed by atoms with E-state index in [1.165, 1.54) is 5.57 Å². The van der Waals surface area contributed by atoms with Gasteiger partial charge in [-0.05, 0) is 78.6 Å². The van der Waals surface area contributed by atoms with Gasteiger partial charge in [0.05, 0.1) is 18.3 Å². The summed E-state index contributed by atoms with van der Waals surface area (Å²) in [6.07, 6.45) is 12.5. The monoisotopic (exact) mass is 449 g/mol. The Morgan fingerprint density at radius 1 is 1.31 bits per heavy atom. The van der Waals surface area contributed by atoms with Crippen LogP contribution in [-0.4, -0.2) is 58.0 Å². The minimum absolute atomic E-state index is 0.0513. The van der Waals surface area contributed by atoms with Crippen LogP contribution in [0.2, 0.25) is 0 Å². The summed E-state index contributed by atoms with van der Waals surface area (Å²) in [5.41, 5.74) is 0.724. The number of ether oxygens (including phenoxy) is 1. The Kier molecular flexibility index (Phi) is 10.4. The molecule has 1 saturated carbocycles. The van der Waals surface area contributed by atoms with E-state index in [1.807, 2.05) is 39.5 Å². The molecule has 2 rings (SSSR count). The first-order valence-electron chi connectivity index (χ1n) is 12.7. The fourth-order valence-electron chi connectivity index (χ4n) is 5.54. The fourth-order valence-corrected chi connectivity index (χ4v) is 5.54. The van der Waals surface area contributed by atoms with Crippen molar-refractivity contribution < 1.29 is 19.7 Å². The molecule has 184 valence electrons. The highest BCUT2D eigenvalue weighted by atomic mass is 16.5. The van der Waals surface area contributed by atoms with E-state index in [2.05, 4.69) is 25.2 Å². The van der Waals surface area contributed by atoms with E-state index in [0.29, 0.717) is 24.9 Å². The zero-order valence-electron chi connectivity index (χ0n) is 21.2. The number of carbonyl (C=O) groups excluding carboxylic acids is 1. The van der Waals surface area contributed by atoms with Crippen molar-refractivity contribution in [3.05, 3.63) is 23.8 Å². The molecule has 5 atom stereocenters. The predicted octanol–water partition coefficient (Wildman–Crippen LogP) is 4.87. The van der Waals surface area contributed by atoms with Gasteiger partial charge < -0.3 is 19.8 Å². The number of aliphatic hydroxyl groups is 2. The second kappa shape index (κ2) is 12.3. The quantitative estimate of drug-likeness (QED) is 0.311. The van der Waals surface area contributed by atoms with Gasteiger partial charge in [-0.3, -0.25) is 4.79 Å². The molecule has 0 aromatic heterocycles. The fraction of sp³-hybridized carbons (Fsp3) is 0.815. The molecule has 1 fully saturated rings. The Labute approximate surface area is 195 Å². The predicted molar refractivity (Wildman–Crippen MR) is 130 cm³/mol. The molecule has 5 heteroatoms. The van der Waals surface area contributed by atoms with Gasteiger partial charge in [0.25, 0.3) is 0 Å². The van der Waals surface area contributed by atoms with E-state index in [1.54, 1.807) is 0 Å². The minimum atomic E-state index is -0.663. The van der Waals surface area contributed by atoms with Crippen molar-refractivity contribution in [2.24, 2.45) is 17.8 Å². The van der Waals surface area contributed by atoms with Crippen molar-refractivity contribution in [3.8, 4) is 0 Å². The molecule has 0 aliphatic heterocycles. The zero-order chi connectivity index (χ0) is 23.9. The Bertz CT molecular complexity index is 644. The first-order chi connectivity index (χ1) is 15.1. The standard InChI is InChI=1S/C27H47NO4/c1-7-8-12-27(6,31)13-9-10-23-24-16-21(15-22(24)17-25(23)29)11-14-32-18-26(30)28(19(2)3)20(4)5/h9-10,15,19-20,22-25,29,31H,7-8,11-14,16-18H2,1-6H3/b10-9+/t22-,23+,24-,25+,27-/m0/s1. The van der Waals surface area contributed by atoms with Crippen LogP contribution in [-0.2, 0) is 9.53 Å². The maximum absolute atomic E-state index is 12.4. The van der Waals surface area contributed by atoms with E-state index in [9.17, 15) is 15.0 Å². The SMILES string of the molecule is CCCC[C@](C)(O)C/C=C/[C@@H]1[C@H]2CC(CCOCC(=O)N(C(C)C)C(C)C)=C[C@H]2C[C@H]1O. The number of allylic oxidation sites excluding steroid dienone is 1. The minimum Gasteiger partial charge on any atom is -0.392 e. The number of amides is 1. The van der Waals surface area contributed by atoms with Gasteiger partial charge in [0.2, 0.25) is 5.91 Å². The van der Waals surface area contributed by atoms with Crippen LogP contribution in [0.15, 0.2) is 23.8 Å². The highest BCUT2D eigenvalue weighted by Crippen LogP contribution is 2.48. The zero-order valence-corrected chi connectivity index (χ0v) is 21.2. The molecular weight excluding hydrogens is 402 g/mol. The van der Waals surface area contributed by atoms with E-state index >= 15 is 0 Å². The third-order valence-corrected chi connectivity index (χ3v) is 7.13. The number of hydrogen-bond donors (Lipinski definition) is 2. The number of rotatable bonds is 13. The lowest BCUT2D eigenvalue weighted by atomic mass is 9.88. The summed E-state index contributed by atoms with van der Waals surface area (Å²) in [5, 5.41) is 21.1. The lowest BCUT2D eigenvalue weighted by Crippen LogP contribution is -2.44. The van der Waals surface area contributed by atoms with Crippen molar-refractivity contribution in [1.82, 2.24) is 4.90 Å². The second-order valence-electron chi connectivity index (χ2n) is 10.8. The summed E-state index contributed by atoms with van der Waals surface area (Å²) in [7, 11) is 0. The van der Waals surface area contributed by atoms with E-state index in [4.69, 9.17) is 4.74 Å². The van der Waals surface area contributed by atoms with Crippen molar-refractivity contribution in [3.63, 3.8) is 0 Å². The van der Waals surface area contributed by atoms with Crippen LogP contribution < -0.4 is 0 Å². The van der Waals surface area contributed by atoms with Gasteiger partial charge in [0, 0.05) is 18.0 Å². The van der Waals surface area contributed by atoms with Crippen molar-refractivity contribution in [2.75, 3.05) is 13.2 Å². The normalized spacial score (nSPS) is 27.2. The summed E-state index contributed by atoms with van der Waals surface area (Å²) in [5.74, 6) is 1.07. The van der Waals surface area contributed by atoms with Crippen LogP contribution in [0.4, 0.5) is 0 Å². The average Bonchev–Trinajstić information content (AvgIpc) is 3.20. The van der Waals surface area contributed by atoms with Gasteiger partial charge in [0.1, 0.15) is 6.61 Å². The summed E-state index contributed by atoms with van der Waals surface area (Å²) < 4.78 is 5.72. The lowest BCUT2D eigenvalue weighted by Gasteiger charge is -2.30. The van der Waals surface area contributed by atoms with Crippen LogP contribution in [0, 0.1) is 17.8 Å². The first kappa shape index (κ1) is 27.1. The Balaban J connectivity index is 1.78. The third kappa shape index (κ3) is 7.71. The van der Waals surface area contributed by atoms with Gasteiger partial charge in [-0.1, -0.05) is 43.6 Å². The van der Waals surface area contributed by atoms with E-state index in [-0.39, 0.29) is 36.6 Å². The third-order valence-electron chi connectivity index (χ3n) is 7.13. The summed E-state index contributed by atoms with van der Waals surface area (Å²) in [6, 6.07) is 0.351. The first-order valence-corrected chi connectivity index (χ1v) is 12.7. The molecule has 0 unspecified atom stereocenters. The van der Waals surface area contributed by atoms with Crippen molar-refractivity contribution >= 4 is 5.91 Å². The Morgan fingerprint density at radius 3 is 2.62 bits per heavy atom. The van der Waals surface area contributed by atoms with Gasteiger partial charge >= 0.3 is 0 Å². The number of carbonyl (C=O) groups is 1. The molecule has 0 heterocycles. The van der Waals surface area contributed by atoms with Crippen LogP contribution in [0.3, 0.4) is 0 Å². The van der Waals surface area contributed by atoms with Crippen LogP contribution in [0.5, 0.6) is 0 Å².